The SMILES string of the molecule is COc1cc(-c2oc3cc(O[C@@H]4O[C@@H](C)[C@H](O)[C@@H](O)[C@H]4O[C@@H]4O[C@H](CO)[C@@H](O)[C@H](O)[C@H]4O)cc(O)c3c(=O)c2O[C@H]2OC[C@H](O)[C@H](O)[C@H]2O)ccc1O. The van der Waals surface area contributed by atoms with Crippen molar-refractivity contribution in [3.05, 3.63) is 40.6 Å². The lowest BCUT2D eigenvalue weighted by Gasteiger charge is -2.45. The third-order valence-corrected chi connectivity index (χ3v) is 9.21. The van der Waals surface area contributed by atoms with E-state index in [2.05, 4.69) is 0 Å². The monoisotopic (exact) mass is 756 g/mol. The van der Waals surface area contributed by atoms with Crippen LogP contribution in [0.5, 0.6) is 28.7 Å². The normalized spacial score (nSPS) is 36.3. The lowest BCUT2D eigenvalue weighted by Crippen LogP contribution is -2.64. The standard InChI is InChI=1S/C33H40O20/c1-10-20(38)25(43)30(53-32-27(45)24(42)22(40)18(8-34)51-32)33(48-10)49-12-6-14(36)19-17(7-12)50-28(11-3-4-13(35)16(5-11)46-2)29(23(19)41)52-31-26(44)21(39)15(37)9-47-31/h3-7,10,15,18,20-22,24-27,30-40,42-45H,8-9H2,1-2H3/t10-,15-,18+,20-,21-,22+,24-,25+,26+,27+,30+,31+,32-,33-/m0/s1. The molecule has 2 aromatic carbocycles. The number of hydrogen-bond acceptors (Lipinski definition) is 20. The van der Waals surface area contributed by atoms with Crippen molar-refractivity contribution >= 4 is 11.0 Å². The number of phenols is 2. The summed E-state index contributed by atoms with van der Waals surface area (Å²) in [5.74, 6) is -2.25. The lowest BCUT2D eigenvalue weighted by molar-refractivity contribution is -0.355. The number of ether oxygens (including phenoxy) is 7. The van der Waals surface area contributed by atoms with E-state index in [0.29, 0.717) is 0 Å². The predicted octanol–water partition coefficient (Wildman–Crippen LogP) is -3.27. The summed E-state index contributed by atoms with van der Waals surface area (Å²) < 4.78 is 45.0. The van der Waals surface area contributed by atoms with Crippen LogP contribution in [-0.4, -0.2) is 163 Å². The molecule has 0 spiro atoms. The molecule has 4 heterocycles. The average Bonchev–Trinajstić information content (AvgIpc) is 3.13. The Morgan fingerprint density at radius 1 is 0.774 bits per heavy atom. The minimum Gasteiger partial charge on any atom is -0.507 e. The molecule has 0 saturated carbocycles. The fraction of sp³-hybridized carbons (Fsp3) is 0.545. The Morgan fingerprint density at radius 2 is 1.49 bits per heavy atom. The van der Waals surface area contributed by atoms with Crippen LogP contribution in [0.4, 0.5) is 0 Å². The first-order valence-corrected chi connectivity index (χ1v) is 16.3. The summed E-state index contributed by atoms with van der Waals surface area (Å²) in [6, 6.07) is 5.95. The Bertz CT molecular complexity index is 1820. The highest BCUT2D eigenvalue weighted by atomic mass is 16.8. The molecule has 14 atom stereocenters. The van der Waals surface area contributed by atoms with E-state index in [0.717, 1.165) is 12.1 Å². The molecule has 20 nitrogen and oxygen atoms in total. The topological polar surface area (TPSA) is 317 Å². The molecule has 3 saturated heterocycles. The number of methoxy groups -OCH3 is 1. The van der Waals surface area contributed by atoms with Gasteiger partial charge in [0.1, 0.15) is 77.4 Å². The maximum atomic E-state index is 14.0. The molecule has 0 radical (unpaired) electrons. The van der Waals surface area contributed by atoms with Gasteiger partial charge in [0.2, 0.25) is 23.8 Å². The van der Waals surface area contributed by atoms with Gasteiger partial charge in [-0.05, 0) is 25.1 Å². The summed E-state index contributed by atoms with van der Waals surface area (Å²) in [5, 5.41) is 113. The number of hydrogen-bond donors (Lipinski definition) is 11. The zero-order valence-electron chi connectivity index (χ0n) is 28.0. The third kappa shape index (κ3) is 7.34. The van der Waals surface area contributed by atoms with Crippen molar-refractivity contribution in [1.82, 2.24) is 0 Å². The van der Waals surface area contributed by atoms with Crippen molar-refractivity contribution in [2.45, 2.75) is 92.9 Å². The fourth-order valence-corrected chi connectivity index (χ4v) is 6.15. The van der Waals surface area contributed by atoms with Crippen molar-refractivity contribution in [1.29, 1.82) is 0 Å². The van der Waals surface area contributed by atoms with Crippen LogP contribution in [0.25, 0.3) is 22.3 Å². The van der Waals surface area contributed by atoms with Crippen LogP contribution in [0.1, 0.15) is 6.92 Å². The van der Waals surface area contributed by atoms with Gasteiger partial charge in [-0.2, -0.15) is 0 Å². The van der Waals surface area contributed by atoms with Gasteiger partial charge in [-0.15, -0.1) is 0 Å². The van der Waals surface area contributed by atoms with Gasteiger partial charge in [0, 0.05) is 17.7 Å². The van der Waals surface area contributed by atoms with E-state index in [-0.39, 0.29) is 34.2 Å². The average molecular weight is 757 g/mol. The summed E-state index contributed by atoms with van der Waals surface area (Å²) in [4.78, 5) is 14.0. The van der Waals surface area contributed by atoms with Crippen LogP contribution < -0.4 is 19.6 Å². The molecule has 6 rings (SSSR count). The number of benzene rings is 2. The first-order valence-electron chi connectivity index (χ1n) is 16.3. The highest BCUT2D eigenvalue weighted by molar-refractivity contribution is 5.88. The Hall–Kier alpha value is -3.87. The van der Waals surface area contributed by atoms with Gasteiger partial charge < -0.3 is 93.7 Å². The predicted molar refractivity (Wildman–Crippen MR) is 172 cm³/mol. The maximum Gasteiger partial charge on any atom is 0.239 e. The molecule has 3 fully saturated rings. The first kappa shape index (κ1) is 38.8. The summed E-state index contributed by atoms with van der Waals surface area (Å²) in [7, 11) is 1.27. The number of aliphatic hydroxyl groups excluding tert-OH is 9. The second kappa shape index (κ2) is 15.5. The van der Waals surface area contributed by atoms with Gasteiger partial charge in [-0.1, -0.05) is 0 Å². The van der Waals surface area contributed by atoms with Crippen LogP contribution in [0.2, 0.25) is 0 Å². The van der Waals surface area contributed by atoms with Gasteiger partial charge in [-0.25, -0.2) is 0 Å². The van der Waals surface area contributed by atoms with E-state index in [1.807, 2.05) is 0 Å². The molecule has 11 N–H and O–H groups in total. The maximum absolute atomic E-state index is 14.0. The number of aromatic hydroxyl groups is 2. The van der Waals surface area contributed by atoms with Crippen LogP contribution in [0.3, 0.4) is 0 Å². The molecule has 0 unspecified atom stereocenters. The van der Waals surface area contributed by atoms with Crippen LogP contribution in [-0.2, 0) is 18.9 Å². The van der Waals surface area contributed by atoms with E-state index in [1.54, 1.807) is 0 Å². The summed E-state index contributed by atoms with van der Waals surface area (Å²) in [6.45, 7) is 0.156. The lowest BCUT2D eigenvalue weighted by atomic mass is 9.97. The molecule has 1 aromatic heterocycles. The minimum absolute atomic E-state index is 0.0432. The molecule has 3 aromatic rings. The number of aliphatic hydroxyl groups is 9. The zero-order valence-corrected chi connectivity index (χ0v) is 28.0. The van der Waals surface area contributed by atoms with Gasteiger partial charge in [0.05, 0.1) is 26.4 Å². The molecule has 3 aliphatic heterocycles. The zero-order chi connectivity index (χ0) is 38.5. The highest BCUT2D eigenvalue weighted by Gasteiger charge is 2.51. The van der Waals surface area contributed by atoms with E-state index in [1.165, 1.54) is 32.2 Å². The van der Waals surface area contributed by atoms with Crippen molar-refractivity contribution in [2.75, 3.05) is 20.3 Å². The Labute approximate surface area is 298 Å². The van der Waals surface area contributed by atoms with Gasteiger partial charge >= 0.3 is 0 Å². The molecule has 0 amide bonds. The van der Waals surface area contributed by atoms with E-state index in [4.69, 9.17) is 37.6 Å². The van der Waals surface area contributed by atoms with Gasteiger partial charge in [-0.3, -0.25) is 4.79 Å². The summed E-state index contributed by atoms with van der Waals surface area (Å²) >= 11 is 0. The highest BCUT2D eigenvalue weighted by Crippen LogP contribution is 2.40. The van der Waals surface area contributed by atoms with Crippen molar-refractivity contribution in [3.63, 3.8) is 0 Å². The molecule has 292 valence electrons. The van der Waals surface area contributed by atoms with Crippen molar-refractivity contribution in [2.24, 2.45) is 0 Å². The molecular formula is C33H40O20. The third-order valence-electron chi connectivity index (χ3n) is 9.21. The molecule has 3 aliphatic rings. The van der Waals surface area contributed by atoms with Gasteiger partial charge in [0.25, 0.3) is 0 Å². The van der Waals surface area contributed by atoms with E-state index in [9.17, 15) is 61.0 Å². The second-order valence-corrected chi connectivity index (χ2v) is 12.8. The second-order valence-electron chi connectivity index (χ2n) is 12.8. The van der Waals surface area contributed by atoms with Crippen LogP contribution in [0, 0.1) is 0 Å². The molecule has 20 heteroatoms. The minimum atomic E-state index is -1.89. The Balaban J connectivity index is 1.39. The smallest absolute Gasteiger partial charge is 0.239 e. The molecular weight excluding hydrogens is 716 g/mol. The summed E-state index contributed by atoms with van der Waals surface area (Å²) in [6.07, 6.45) is -23.0. The van der Waals surface area contributed by atoms with Gasteiger partial charge in [0.15, 0.2) is 29.7 Å². The quantitative estimate of drug-likeness (QED) is 0.102. The molecule has 0 aliphatic carbocycles. The Morgan fingerprint density at radius 3 is 2.19 bits per heavy atom. The number of phenolic OH excluding ortho intramolecular Hbond substituents is 2. The van der Waals surface area contributed by atoms with Crippen LogP contribution in [0.15, 0.2) is 39.5 Å². The fourth-order valence-electron chi connectivity index (χ4n) is 6.15. The molecule has 53 heavy (non-hydrogen) atoms. The summed E-state index contributed by atoms with van der Waals surface area (Å²) in [5.41, 5.74) is -1.24. The number of fused-ring (bicyclic) bond motifs is 1. The van der Waals surface area contributed by atoms with Crippen LogP contribution >= 0.6 is 0 Å². The molecule has 0 bridgehead atoms. The first-order chi connectivity index (χ1) is 25.1. The van der Waals surface area contributed by atoms with E-state index < -0.39 is 122 Å². The van der Waals surface area contributed by atoms with Crippen molar-refractivity contribution in [3.8, 4) is 40.1 Å². The number of rotatable bonds is 9. The van der Waals surface area contributed by atoms with E-state index >= 15 is 0 Å². The largest absolute Gasteiger partial charge is 0.507 e. The van der Waals surface area contributed by atoms with Crippen molar-refractivity contribution < 1.29 is 93.7 Å². The Kier molecular flexibility index (Phi) is 11.3.